The number of ketones is 1. The lowest BCUT2D eigenvalue weighted by Crippen LogP contribution is -2.41. The number of nitrogens with zero attached hydrogens (tertiary/aromatic N) is 1. The van der Waals surface area contributed by atoms with Crippen molar-refractivity contribution in [3.63, 3.8) is 0 Å². The van der Waals surface area contributed by atoms with Crippen molar-refractivity contribution in [3.8, 4) is 0 Å². The molecule has 1 aliphatic carbocycles. The molecule has 28 heavy (non-hydrogen) atoms. The van der Waals surface area contributed by atoms with Crippen LogP contribution in [-0.2, 0) is 19.1 Å². The van der Waals surface area contributed by atoms with Crippen LogP contribution in [0.3, 0.4) is 0 Å². The molecule has 1 unspecified atom stereocenters. The number of anilines is 1. The fourth-order valence-electron chi connectivity index (χ4n) is 3.36. The third-order valence-electron chi connectivity index (χ3n) is 4.77. The van der Waals surface area contributed by atoms with Gasteiger partial charge in [0.15, 0.2) is 11.6 Å². The molecule has 1 heterocycles. The van der Waals surface area contributed by atoms with Gasteiger partial charge in [-0.3, -0.25) is 9.59 Å². The fraction of sp³-hybridized carbons (Fsp3) is 0.350. The second kappa shape index (κ2) is 7.84. The minimum Gasteiger partial charge on any atom is -0.494 e. The van der Waals surface area contributed by atoms with Crippen LogP contribution in [0.25, 0.3) is 0 Å². The highest BCUT2D eigenvalue weighted by Crippen LogP contribution is 2.32. The zero-order chi connectivity index (χ0) is 20.4. The molecule has 1 aliphatic heterocycles. The van der Waals surface area contributed by atoms with Gasteiger partial charge in [-0.2, -0.15) is 0 Å². The minimum atomic E-state index is -0.810. The summed E-state index contributed by atoms with van der Waals surface area (Å²) in [7, 11) is 1.38. The third-order valence-corrected chi connectivity index (χ3v) is 4.77. The van der Waals surface area contributed by atoms with E-state index in [1.807, 2.05) is 0 Å². The van der Waals surface area contributed by atoms with E-state index in [-0.39, 0.29) is 40.7 Å². The lowest BCUT2D eigenvalue weighted by molar-refractivity contribution is -0.147. The van der Waals surface area contributed by atoms with Crippen LogP contribution in [0.15, 0.2) is 41.8 Å². The van der Waals surface area contributed by atoms with Gasteiger partial charge in [-0.1, -0.05) is 12.6 Å². The molecule has 1 saturated heterocycles. The summed E-state index contributed by atoms with van der Waals surface area (Å²) in [5.74, 6) is -2.02. The molecular weight excluding hydrogens is 367 g/mol. The molecule has 2 aliphatic rings. The van der Waals surface area contributed by atoms with E-state index in [0.29, 0.717) is 19.4 Å². The van der Waals surface area contributed by atoms with Crippen LogP contribution in [0.2, 0.25) is 0 Å². The molecular formula is C20H21FN2O5. The summed E-state index contributed by atoms with van der Waals surface area (Å²) in [5, 5.41) is 2.67. The van der Waals surface area contributed by atoms with Gasteiger partial charge in [-0.15, -0.1) is 0 Å². The van der Waals surface area contributed by atoms with Crippen molar-refractivity contribution in [2.75, 3.05) is 25.6 Å². The number of allylic oxidation sites excluding steroid dienone is 2. The molecule has 0 saturated carbocycles. The Bertz CT molecular complexity index is 893. The summed E-state index contributed by atoms with van der Waals surface area (Å²) in [4.78, 5) is 38.2. The van der Waals surface area contributed by atoms with Crippen molar-refractivity contribution in [2.24, 2.45) is 0 Å². The highest BCUT2D eigenvalue weighted by atomic mass is 19.1. The lowest BCUT2D eigenvalue weighted by atomic mass is 9.95. The Morgan fingerprint density at radius 2 is 2.14 bits per heavy atom. The molecule has 3 rings (SSSR count). The number of hydrogen-bond acceptors (Lipinski definition) is 6. The Morgan fingerprint density at radius 1 is 1.39 bits per heavy atom. The zero-order valence-electron chi connectivity index (χ0n) is 15.7. The van der Waals surface area contributed by atoms with E-state index in [1.165, 1.54) is 30.2 Å². The van der Waals surface area contributed by atoms with Gasteiger partial charge in [0.05, 0.1) is 30.5 Å². The van der Waals surface area contributed by atoms with Crippen LogP contribution in [-0.4, -0.2) is 48.9 Å². The first kappa shape index (κ1) is 19.6. The predicted molar refractivity (Wildman–Crippen MR) is 98.9 cm³/mol. The van der Waals surface area contributed by atoms with Crippen LogP contribution in [0.1, 0.15) is 30.1 Å². The highest BCUT2D eigenvalue weighted by molar-refractivity contribution is 6.20. The Hall–Kier alpha value is -3.16. The highest BCUT2D eigenvalue weighted by Gasteiger charge is 2.37. The summed E-state index contributed by atoms with van der Waals surface area (Å²) >= 11 is 0. The number of likely N-dealkylation sites (tertiary alicyclic amines) is 1. The van der Waals surface area contributed by atoms with E-state index in [2.05, 4.69) is 11.9 Å². The first-order valence-electron chi connectivity index (χ1n) is 8.96. The SMILES string of the molecule is C=C1C(=O)C(Nc2cccc(C(=O)N3CCCC3C(=O)OCC)c2F)=C1OC. The van der Waals surface area contributed by atoms with Crippen molar-refractivity contribution < 1.29 is 28.2 Å². The molecule has 0 radical (unpaired) electrons. The number of carbonyl (C=O) groups excluding carboxylic acids is 3. The second-order valence-electron chi connectivity index (χ2n) is 6.42. The summed E-state index contributed by atoms with van der Waals surface area (Å²) in [6.07, 6.45) is 1.11. The van der Waals surface area contributed by atoms with Crippen molar-refractivity contribution >= 4 is 23.3 Å². The van der Waals surface area contributed by atoms with E-state index < -0.39 is 23.7 Å². The molecule has 0 bridgehead atoms. The van der Waals surface area contributed by atoms with E-state index in [1.54, 1.807) is 6.92 Å². The van der Waals surface area contributed by atoms with Gasteiger partial charge in [-0.05, 0) is 31.9 Å². The molecule has 8 heteroatoms. The maximum atomic E-state index is 15.0. The monoisotopic (exact) mass is 388 g/mol. The number of halogens is 1. The number of methoxy groups -OCH3 is 1. The number of benzene rings is 1. The first-order chi connectivity index (χ1) is 13.4. The number of esters is 1. The standard InChI is InChI=1S/C20H21FN2O5/c1-4-28-20(26)14-9-6-10-23(14)19(25)12-7-5-8-13(15(12)21)22-16-17(24)11(2)18(16)27-3/h5,7-8,14,22H,2,4,6,9-10H2,1,3H3. The van der Waals surface area contributed by atoms with Gasteiger partial charge in [0.25, 0.3) is 5.91 Å². The molecule has 1 aromatic rings. The van der Waals surface area contributed by atoms with Crippen molar-refractivity contribution in [1.82, 2.24) is 4.90 Å². The average Bonchev–Trinajstić information content (AvgIpc) is 3.18. The average molecular weight is 388 g/mol. The molecule has 1 aromatic carbocycles. The summed E-state index contributed by atoms with van der Waals surface area (Å²) in [6.45, 7) is 5.82. The minimum absolute atomic E-state index is 0.0388. The number of carbonyl (C=O) groups is 3. The molecule has 1 N–H and O–H groups in total. The Labute approximate surface area is 161 Å². The van der Waals surface area contributed by atoms with Crippen molar-refractivity contribution in [2.45, 2.75) is 25.8 Å². The quantitative estimate of drug-likeness (QED) is 0.595. The largest absolute Gasteiger partial charge is 0.494 e. The maximum absolute atomic E-state index is 15.0. The van der Waals surface area contributed by atoms with Gasteiger partial charge >= 0.3 is 5.97 Å². The number of ether oxygens (including phenoxy) is 2. The van der Waals surface area contributed by atoms with Gasteiger partial charge in [0, 0.05) is 6.54 Å². The lowest BCUT2D eigenvalue weighted by Gasteiger charge is -2.25. The molecule has 7 nitrogen and oxygen atoms in total. The van der Waals surface area contributed by atoms with Gasteiger partial charge in [-0.25, -0.2) is 9.18 Å². The smallest absolute Gasteiger partial charge is 0.328 e. The summed E-state index contributed by atoms with van der Waals surface area (Å²) in [6, 6.07) is 3.53. The molecule has 0 spiro atoms. The maximum Gasteiger partial charge on any atom is 0.328 e. The molecule has 1 atom stereocenters. The summed E-state index contributed by atoms with van der Waals surface area (Å²) in [5.41, 5.74) is 0.0584. The second-order valence-corrected chi connectivity index (χ2v) is 6.42. The molecule has 1 amide bonds. The van der Waals surface area contributed by atoms with Crippen molar-refractivity contribution in [1.29, 1.82) is 0 Å². The van der Waals surface area contributed by atoms with Gasteiger partial charge in [0.1, 0.15) is 11.7 Å². The van der Waals surface area contributed by atoms with Crippen LogP contribution in [0, 0.1) is 5.82 Å². The number of rotatable bonds is 6. The predicted octanol–water partition coefficient (Wildman–Crippen LogP) is 2.40. The number of hydrogen-bond donors (Lipinski definition) is 1. The fourth-order valence-corrected chi connectivity index (χ4v) is 3.36. The zero-order valence-corrected chi connectivity index (χ0v) is 15.7. The van der Waals surface area contributed by atoms with E-state index in [4.69, 9.17) is 9.47 Å². The third kappa shape index (κ3) is 3.26. The van der Waals surface area contributed by atoms with Crippen LogP contribution >= 0.6 is 0 Å². The van der Waals surface area contributed by atoms with Crippen LogP contribution in [0.4, 0.5) is 10.1 Å². The number of Topliss-reactive ketones (excluding diaryl/α,β-unsaturated/α-hetero) is 1. The first-order valence-corrected chi connectivity index (χ1v) is 8.96. The van der Waals surface area contributed by atoms with E-state index in [0.717, 1.165) is 0 Å². The van der Waals surface area contributed by atoms with E-state index in [9.17, 15) is 14.4 Å². The number of amides is 1. The van der Waals surface area contributed by atoms with E-state index >= 15 is 4.39 Å². The molecule has 1 fully saturated rings. The Kier molecular flexibility index (Phi) is 5.48. The summed E-state index contributed by atoms with van der Waals surface area (Å²) < 4.78 is 25.1. The topological polar surface area (TPSA) is 84.9 Å². The van der Waals surface area contributed by atoms with Gasteiger partial charge < -0.3 is 19.7 Å². The number of nitrogens with one attached hydrogen (secondary N) is 1. The van der Waals surface area contributed by atoms with Crippen LogP contribution < -0.4 is 5.32 Å². The Balaban J connectivity index is 1.86. The Morgan fingerprint density at radius 3 is 2.82 bits per heavy atom. The van der Waals surface area contributed by atoms with Crippen LogP contribution in [0.5, 0.6) is 0 Å². The van der Waals surface area contributed by atoms with Gasteiger partial charge in [0.2, 0.25) is 5.78 Å². The molecule has 148 valence electrons. The normalized spacial score (nSPS) is 18.8. The molecule has 0 aromatic heterocycles. The van der Waals surface area contributed by atoms with Crippen molar-refractivity contribution in [3.05, 3.63) is 53.2 Å².